The fraction of sp³-hybridized carbons (Fsp3) is 0.385. The number of nitrogens with one attached hydrogen (secondary N) is 3. The van der Waals surface area contributed by atoms with Gasteiger partial charge in [-0.05, 0) is 38.1 Å². The van der Waals surface area contributed by atoms with Crippen LogP contribution in [-0.2, 0) is 0 Å². The topological polar surface area (TPSA) is 90.5 Å². The van der Waals surface area contributed by atoms with E-state index in [4.69, 9.17) is 5.11 Å². The Balaban J connectivity index is 2.56. The highest BCUT2D eigenvalue weighted by atomic mass is 16.3. The number of amides is 3. The van der Waals surface area contributed by atoms with Crippen LogP contribution < -0.4 is 16.0 Å². The lowest BCUT2D eigenvalue weighted by molar-refractivity contribution is 0.0945. The highest BCUT2D eigenvalue weighted by molar-refractivity contribution is 5.95. The molecule has 0 aliphatic carbocycles. The number of carbonyl (C=O) groups excluding carboxylic acids is 2. The maximum absolute atomic E-state index is 11.6. The van der Waals surface area contributed by atoms with E-state index in [0.717, 1.165) is 0 Å². The maximum atomic E-state index is 11.6. The van der Waals surface area contributed by atoms with Crippen LogP contribution in [0.4, 0.5) is 10.5 Å². The zero-order chi connectivity index (χ0) is 14.3. The zero-order valence-electron chi connectivity index (χ0n) is 11.1. The van der Waals surface area contributed by atoms with Crippen molar-refractivity contribution in [1.82, 2.24) is 10.6 Å². The lowest BCUT2D eigenvalue weighted by Crippen LogP contribution is -2.34. The quantitative estimate of drug-likeness (QED) is 0.638. The Labute approximate surface area is 112 Å². The largest absolute Gasteiger partial charge is 0.395 e. The summed E-state index contributed by atoms with van der Waals surface area (Å²) in [6.45, 7) is 3.86. The number of rotatable bonds is 5. The van der Waals surface area contributed by atoms with E-state index in [9.17, 15) is 9.59 Å². The van der Waals surface area contributed by atoms with Crippen molar-refractivity contribution < 1.29 is 14.7 Å². The van der Waals surface area contributed by atoms with Crippen LogP contribution in [0.1, 0.15) is 24.2 Å². The van der Waals surface area contributed by atoms with Crippen LogP contribution in [0, 0.1) is 0 Å². The summed E-state index contributed by atoms with van der Waals surface area (Å²) in [5, 5.41) is 16.5. The molecule has 0 heterocycles. The Kier molecular flexibility index (Phi) is 5.81. The summed E-state index contributed by atoms with van der Waals surface area (Å²) < 4.78 is 0. The van der Waals surface area contributed by atoms with E-state index in [1.807, 2.05) is 13.8 Å². The lowest BCUT2D eigenvalue weighted by Gasteiger charge is -2.10. The van der Waals surface area contributed by atoms with Crippen molar-refractivity contribution in [2.45, 2.75) is 19.9 Å². The molecule has 0 aromatic heterocycles. The second kappa shape index (κ2) is 7.38. The Morgan fingerprint density at radius 3 is 2.37 bits per heavy atom. The molecule has 0 unspecified atom stereocenters. The summed E-state index contributed by atoms with van der Waals surface area (Å²) in [5.41, 5.74) is 1.08. The molecule has 4 N–H and O–H groups in total. The van der Waals surface area contributed by atoms with E-state index in [1.165, 1.54) is 0 Å². The Hall–Kier alpha value is -2.08. The summed E-state index contributed by atoms with van der Waals surface area (Å²) in [6, 6.07) is 6.28. The summed E-state index contributed by atoms with van der Waals surface area (Å²) in [5.74, 6) is -0.257. The van der Waals surface area contributed by atoms with Crippen molar-refractivity contribution in [2.24, 2.45) is 0 Å². The fourth-order valence-corrected chi connectivity index (χ4v) is 1.41. The van der Waals surface area contributed by atoms with Gasteiger partial charge in [0.15, 0.2) is 0 Å². The summed E-state index contributed by atoms with van der Waals surface area (Å²) in [7, 11) is 0. The smallest absolute Gasteiger partial charge is 0.319 e. The number of aliphatic hydroxyl groups excluding tert-OH is 1. The molecule has 1 aromatic carbocycles. The third-order valence-corrected chi connectivity index (χ3v) is 2.22. The zero-order valence-corrected chi connectivity index (χ0v) is 11.1. The minimum Gasteiger partial charge on any atom is -0.395 e. The average molecular weight is 265 g/mol. The Morgan fingerprint density at radius 2 is 1.84 bits per heavy atom. The van der Waals surface area contributed by atoms with Gasteiger partial charge in [-0.25, -0.2) is 4.79 Å². The van der Waals surface area contributed by atoms with Crippen molar-refractivity contribution in [3.8, 4) is 0 Å². The van der Waals surface area contributed by atoms with Crippen molar-refractivity contribution in [2.75, 3.05) is 18.5 Å². The molecule has 0 radical (unpaired) electrons. The van der Waals surface area contributed by atoms with Crippen LogP contribution in [0.15, 0.2) is 24.3 Å². The van der Waals surface area contributed by atoms with Gasteiger partial charge in [0.1, 0.15) is 0 Å². The van der Waals surface area contributed by atoms with Crippen LogP contribution in [0.2, 0.25) is 0 Å². The Bertz CT molecular complexity index is 429. The monoisotopic (exact) mass is 265 g/mol. The maximum Gasteiger partial charge on any atom is 0.319 e. The van der Waals surface area contributed by atoms with Crippen LogP contribution in [-0.4, -0.2) is 36.2 Å². The normalized spacial score (nSPS) is 10.1. The molecule has 0 fully saturated rings. The molecule has 0 aliphatic heterocycles. The molecule has 0 aliphatic rings. The molecule has 1 aromatic rings. The van der Waals surface area contributed by atoms with Gasteiger partial charge in [0, 0.05) is 23.8 Å². The SMILES string of the molecule is CC(C)NC(=O)Nc1ccc(C(=O)NCCO)cc1. The molecule has 0 spiro atoms. The van der Waals surface area contributed by atoms with Crippen LogP contribution in [0.3, 0.4) is 0 Å². The first kappa shape index (κ1) is 15.0. The number of urea groups is 1. The van der Waals surface area contributed by atoms with Gasteiger partial charge in [-0.3, -0.25) is 4.79 Å². The highest BCUT2D eigenvalue weighted by Crippen LogP contribution is 2.09. The molecular weight excluding hydrogens is 246 g/mol. The molecule has 3 amide bonds. The predicted octanol–water partition coefficient (Wildman–Crippen LogP) is 0.939. The number of hydrogen-bond acceptors (Lipinski definition) is 3. The van der Waals surface area contributed by atoms with Crippen LogP contribution in [0.5, 0.6) is 0 Å². The van der Waals surface area contributed by atoms with Crippen molar-refractivity contribution in [3.05, 3.63) is 29.8 Å². The number of anilines is 1. The van der Waals surface area contributed by atoms with Gasteiger partial charge >= 0.3 is 6.03 Å². The van der Waals surface area contributed by atoms with Gasteiger partial charge in [0.05, 0.1) is 6.61 Å². The number of aliphatic hydroxyl groups is 1. The third kappa shape index (κ3) is 5.39. The summed E-state index contributed by atoms with van der Waals surface area (Å²) >= 11 is 0. The second-order valence-electron chi connectivity index (χ2n) is 4.31. The number of hydrogen-bond donors (Lipinski definition) is 4. The van der Waals surface area contributed by atoms with E-state index >= 15 is 0 Å². The standard InChI is InChI=1S/C13H19N3O3/c1-9(2)15-13(19)16-11-5-3-10(4-6-11)12(18)14-7-8-17/h3-6,9,17H,7-8H2,1-2H3,(H,14,18)(H2,15,16,19). The van der Waals surface area contributed by atoms with Crippen LogP contribution >= 0.6 is 0 Å². The van der Waals surface area contributed by atoms with Gasteiger partial charge in [-0.1, -0.05) is 0 Å². The van der Waals surface area contributed by atoms with E-state index in [0.29, 0.717) is 11.3 Å². The minimum atomic E-state index is -0.285. The van der Waals surface area contributed by atoms with Gasteiger partial charge in [-0.15, -0.1) is 0 Å². The highest BCUT2D eigenvalue weighted by Gasteiger charge is 2.06. The molecule has 0 saturated carbocycles. The first-order valence-corrected chi connectivity index (χ1v) is 6.09. The van der Waals surface area contributed by atoms with Crippen molar-refractivity contribution in [3.63, 3.8) is 0 Å². The van der Waals surface area contributed by atoms with Crippen molar-refractivity contribution in [1.29, 1.82) is 0 Å². The minimum absolute atomic E-state index is 0.0588. The van der Waals surface area contributed by atoms with E-state index in [2.05, 4.69) is 16.0 Å². The van der Waals surface area contributed by atoms with Gasteiger partial charge in [0.2, 0.25) is 0 Å². The van der Waals surface area contributed by atoms with Gasteiger partial charge < -0.3 is 21.1 Å². The molecule has 0 atom stereocenters. The molecule has 19 heavy (non-hydrogen) atoms. The average Bonchev–Trinajstić information content (AvgIpc) is 2.35. The Morgan fingerprint density at radius 1 is 1.21 bits per heavy atom. The molecule has 6 nitrogen and oxygen atoms in total. The second-order valence-corrected chi connectivity index (χ2v) is 4.31. The van der Waals surface area contributed by atoms with Gasteiger partial charge in [-0.2, -0.15) is 0 Å². The van der Waals surface area contributed by atoms with E-state index in [-0.39, 0.29) is 31.1 Å². The first-order chi connectivity index (χ1) is 9.02. The molecule has 104 valence electrons. The number of carbonyl (C=O) groups is 2. The summed E-state index contributed by atoms with van der Waals surface area (Å²) in [6.07, 6.45) is 0. The van der Waals surface area contributed by atoms with Crippen LogP contribution in [0.25, 0.3) is 0 Å². The van der Waals surface area contributed by atoms with E-state index < -0.39 is 0 Å². The lowest BCUT2D eigenvalue weighted by atomic mass is 10.2. The molecular formula is C13H19N3O3. The van der Waals surface area contributed by atoms with Gasteiger partial charge in [0.25, 0.3) is 5.91 Å². The summed E-state index contributed by atoms with van der Waals surface area (Å²) in [4.78, 5) is 23.0. The molecule has 0 saturated heterocycles. The first-order valence-electron chi connectivity index (χ1n) is 6.09. The third-order valence-electron chi connectivity index (χ3n) is 2.22. The molecule has 0 bridgehead atoms. The molecule has 6 heteroatoms. The fourth-order valence-electron chi connectivity index (χ4n) is 1.41. The predicted molar refractivity (Wildman–Crippen MR) is 73.2 cm³/mol. The van der Waals surface area contributed by atoms with E-state index in [1.54, 1.807) is 24.3 Å². The van der Waals surface area contributed by atoms with Crippen molar-refractivity contribution >= 4 is 17.6 Å². The molecule has 1 rings (SSSR count). The number of benzene rings is 1.